The molecule has 0 saturated heterocycles. The molecule has 0 aliphatic rings. The van der Waals surface area contributed by atoms with Crippen LogP contribution in [0.4, 0.5) is 0 Å². The Bertz CT molecular complexity index is 730. The first-order valence-corrected chi connectivity index (χ1v) is 6.08. The van der Waals surface area contributed by atoms with Crippen molar-refractivity contribution < 1.29 is 0 Å². The highest BCUT2D eigenvalue weighted by Crippen LogP contribution is 2.29. The number of benzene rings is 2. The molecule has 0 aliphatic carbocycles. The first-order chi connectivity index (χ1) is 8.74. The maximum absolute atomic E-state index is 11.2. The third-order valence-corrected chi connectivity index (χ3v) is 3.43. The van der Waals surface area contributed by atoms with Crippen molar-refractivity contribution >= 4 is 22.6 Å². The number of hydrogen-bond donors (Lipinski definition) is 2. The van der Waals surface area contributed by atoms with E-state index in [1.165, 1.54) is 0 Å². The molecule has 3 nitrogen and oxygen atoms in total. The van der Waals surface area contributed by atoms with E-state index in [9.17, 15) is 4.79 Å². The normalized spacial score (nSPS) is 12.7. The van der Waals surface area contributed by atoms with Crippen molar-refractivity contribution in [3.63, 3.8) is 0 Å². The average Bonchev–Trinajstić information content (AvgIpc) is 2.78. The Morgan fingerprint density at radius 3 is 2.39 bits per heavy atom. The Balaban J connectivity index is 2.06. The topological polar surface area (TPSA) is 48.6 Å². The van der Waals surface area contributed by atoms with Gasteiger partial charge in [-0.2, -0.15) is 0 Å². The smallest absolute Gasteiger partial charge is 0.306 e. The summed E-state index contributed by atoms with van der Waals surface area (Å²) in [6.45, 7) is 0. The Labute approximate surface area is 108 Å². The molecule has 0 bridgehead atoms. The van der Waals surface area contributed by atoms with Gasteiger partial charge in [-0.05, 0) is 23.3 Å². The summed E-state index contributed by atoms with van der Waals surface area (Å²) in [7, 11) is 0. The number of fused-ring (bicyclic) bond motifs is 1. The van der Waals surface area contributed by atoms with Crippen LogP contribution in [0.2, 0.25) is 0 Å². The molecule has 0 aliphatic heterocycles. The Morgan fingerprint density at radius 1 is 0.889 bits per heavy atom. The molecule has 0 fully saturated rings. The average molecular weight is 259 g/mol. The number of H-pyrrole nitrogens is 2. The summed E-state index contributed by atoms with van der Waals surface area (Å²) >= 11 is 6.44. The minimum absolute atomic E-state index is 0.201. The Hall–Kier alpha value is -2.00. The lowest BCUT2D eigenvalue weighted by Crippen LogP contribution is -1.99. The minimum atomic E-state index is -0.214. The van der Waals surface area contributed by atoms with Gasteiger partial charge in [-0.3, -0.25) is 0 Å². The molecule has 1 aromatic heterocycles. The molecule has 90 valence electrons. The fourth-order valence-corrected chi connectivity index (χ4v) is 2.30. The van der Waals surface area contributed by atoms with Crippen molar-refractivity contribution in [2.24, 2.45) is 0 Å². The number of imidazole rings is 1. The molecule has 18 heavy (non-hydrogen) atoms. The van der Waals surface area contributed by atoms with Crippen molar-refractivity contribution in [3.05, 3.63) is 70.1 Å². The van der Waals surface area contributed by atoms with E-state index in [1.54, 1.807) is 0 Å². The van der Waals surface area contributed by atoms with Gasteiger partial charge in [0.1, 0.15) is 0 Å². The molecule has 0 amide bonds. The van der Waals surface area contributed by atoms with Crippen LogP contribution in [0, 0.1) is 0 Å². The van der Waals surface area contributed by atoms with E-state index in [-0.39, 0.29) is 11.1 Å². The summed E-state index contributed by atoms with van der Waals surface area (Å²) in [5.41, 5.74) is 3.37. The lowest BCUT2D eigenvalue weighted by Gasteiger charge is -2.10. The van der Waals surface area contributed by atoms with Crippen LogP contribution >= 0.6 is 11.6 Å². The van der Waals surface area contributed by atoms with Gasteiger partial charge in [-0.25, -0.2) is 4.79 Å². The van der Waals surface area contributed by atoms with E-state index in [2.05, 4.69) is 9.97 Å². The molecule has 0 radical (unpaired) electrons. The van der Waals surface area contributed by atoms with Crippen molar-refractivity contribution in [2.75, 3.05) is 0 Å². The van der Waals surface area contributed by atoms with Crippen LogP contribution in [0.3, 0.4) is 0 Å². The monoisotopic (exact) mass is 258 g/mol. The van der Waals surface area contributed by atoms with Gasteiger partial charge in [0, 0.05) is 0 Å². The van der Waals surface area contributed by atoms with Crippen molar-refractivity contribution in [3.8, 4) is 0 Å². The van der Waals surface area contributed by atoms with Gasteiger partial charge < -0.3 is 9.97 Å². The van der Waals surface area contributed by atoms with Gasteiger partial charge in [-0.1, -0.05) is 36.4 Å². The van der Waals surface area contributed by atoms with Crippen LogP contribution in [0.5, 0.6) is 0 Å². The van der Waals surface area contributed by atoms with Gasteiger partial charge in [0.15, 0.2) is 0 Å². The number of aromatic nitrogens is 2. The van der Waals surface area contributed by atoms with Crippen LogP contribution in [0.1, 0.15) is 16.5 Å². The van der Waals surface area contributed by atoms with Gasteiger partial charge in [-0.15, -0.1) is 11.6 Å². The maximum Gasteiger partial charge on any atom is 0.323 e. The molecule has 4 heteroatoms. The molecular formula is C14H11ClN2O. The molecule has 3 aromatic rings. The fraction of sp³-hybridized carbons (Fsp3) is 0.0714. The number of hydrogen-bond acceptors (Lipinski definition) is 1. The second-order valence-corrected chi connectivity index (χ2v) is 4.59. The van der Waals surface area contributed by atoms with Crippen molar-refractivity contribution in [2.45, 2.75) is 5.38 Å². The van der Waals surface area contributed by atoms with E-state index in [4.69, 9.17) is 11.6 Å². The largest absolute Gasteiger partial charge is 0.323 e. The van der Waals surface area contributed by atoms with E-state index in [0.717, 1.165) is 22.2 Å². The fourth-order valence-electron chi connectivity index (χ4n) is 2.02. The predicted octanol–water partition coefficient (Wildman–Crippen LogP) is 3.18. The van der Waals surface area contributed by atoms with E-state index in [0.29, 0.717) is 0 Å². The molecule has 0 saturated carbocycles. The lowest BCUT2D eigenvalue weighted by atomic mass is 10.0. The summed E-state index contributed by atoms with van der Waals surface area (Å²) in [6.07, 6.45) is 0. The van der Waals surface area contributed by atoms with E-state index < -0.39 is 0 Å². The second kappa shape index (κ2) is 4.35. The third kappa shape index (κ3) is 1.93. The molecule has 3 rings (SSSR count). The number of rotatable bonds is 2. The molecule has 0 spiro atoms. The predicted molar refractivity (Wildman–Crippen MR) is 73.1 cm³/mol. The van der Waals surface area contributed by atoms with Crippen LogP contribution in [0.25, 0.3) is 11.0 Å². The molecule has 1 unspecified atom stereocenters. The number of halogens is 1. The third-order valence-electron chi connectivity index (χ3n) is 2.92. The molecule has 2 N–H and O–H groups in total. The quantitative estimate of drug-likeness (QED) is 0.682. The standard InChI is InChI=1S/C14H11ClN2O/c15-13(9-4-2-1-3-5-9)10-6-7-11-12(8-10)17-14(18)16-11/h1-8,13H,(H2,16,17,18). The van der Waals surface area contributed by atoms with Crippen molar-refractivity contribution in [1.29, 1.82) is 0 Å². The van der Waals surface area contributed by atoms with Crippen LogP contribution in [-0.2, 0) is 0 Å². The highest BCUT2D eigenvalue weighted by molar-refractivity contribution is 6.22. The summed E-state index contributed by atoms with van der Waals surface area (Å²) in [5.74, 6) is 0. The molecule has 1 atom stereocenters. The van der Waals surface area contributed by atoms with Crippen LogP contribution in [-0.4, -0.2) is 9.97 Å². The zero-order chi connectivity index (χ0) is 12.5. The summed E-state index contributed by atoms with van der Waals surface area (Å²) in [4.78, 5) is 16.6. The summed E-state index contributed by atoms with van der Waals surface area (Å²) < 4.78 is 0. The Kier molecular flexibility index (Phi) is 2.68. The summed E-state index contributed by atoms with van der Waals surface area (Å²) in [6, 6.07) is 15.5. The highest BCUT2D eigenvalue weighted by Gasteiger charge is 2.11. The SMILES string of the molecule is O=c1[nH]c2ccc(C(Cl)c3ccccc3)cc2[nH]1. The summed E-state index contributed by atoms with van der Waals surface area (Å²) in [5, 5.41) is -0.214. The molecule has 1 heterocycles. The van der Waals surface area contributed by atoms with Gasteiger partial charge >= 0.3 is 5.69 Å². The van der Waals surface area contributed by atoms with E-state index in [1.807, 2.05) is 48.5 Å². The van der Waals surface area contributed by atoms with Gasteiger partial charge in [0.05, 0.1) is 16.4 Å². The van der Waals surface area contributed by atoms with Crippen LogP contribution in [0.15, 0.2) is 53.3 Å². The number of nitrogens with one attached hydrogen (secondary N) is 2. The Morgan fingerprint density at radius 2 is 1.61 bits per heavy atom. The highest BCUT2D eigenvalue weighted by atomic mass is 35.5. The van der Waals surface area contributed by atoms with Gasteiger partial charge in [0.25, 0.3) is 0 Å². The van der Waals surface area contributed by atoms with Gasteiger partial charge in [0.2, 0.25) is 0 Å². The second-order valence-electron chi connectivity index (χ2n) is 4.16. The zero-order valence-electron chi connectivity index (χ0n) is 9.48. The molecular weight excluding hydrogens is 248 g/mol. The number of alkyl halides is 1. The molecule has 2 aromatic carbocycles. The minimum Gasteiger partial charge on any atom is -0.306 e. The van der Waals surface area contributed by atoms with Crippen molar-refractivity contribution in [1.82, 2.24) is 9.97 Å². The lowest BCUT2D eigenvalue weighted by molar-refractivity contribution is 1.14. The first-order valence-electron chi connectivity index (χ1n) is 5.65. The zero-order valence-corrected chi connectivity index (χ0v) is 10.2. The maximum atomic E-state index is 11.2. The van der Waals surface area contributed by atoms with E-state index >= 15 is 0 Å². The number of aromatic amines is 2. The van der Waals surface area contributed by atoms with Crippen LogP contribution < -0.4 is 5.69 Å². The first kappa shape index (κ1) is 11.1.